The molecule has 4 rings (SSSR count). The van der Waals surface area contributed by atoms with Crippen LogP contribution in [0, 0.1) is 11.2 Å². The van der Waals surface area contributed by atoms with Crippen LogP contribution in [0.2, 0.25) is 0 Å². The number of piperidine rings is 2. The number of amides is 2. The minimum Gasteiger partial charge on any atom is -0.345 e. The number of rotatable bonds is 2. The zero-order valence-corrected chi connectivity index (χ0v) is 16.1. The van der Waals surface area contributed by atoms with Crippen LogP contribution in [0.5, 0.6) is 0 Å². The van der Waals surface area contributed by atoms with E-state index in [1.807, 2.05) is 47.2 Å². The number of halogens is 1. The van der Waals surface area contributed by atoms with Gasteiger partial charge in [-0.2, -0.15) is 0 Å². The fourth-order valence-corrected chi connectivity index (χ4v) is 4.70. The summed E-state index contributed by atoms with van der Waals surface area (Å²) in [6, 6.07) is 15.7. The van der Waals surface area contributed by atoms with Gasteiger partial charge in [0.25, 0.3) is 5.91 Å². The lowest BCUT2D eigenvalue weighted by Gasteiger charge is -2.49. The molecular formula is C23H25FN2O2. The second-order valence-electron chi connectivity index (χ2n) is 8.16. The van der Waals surface area contributed by atoms with E-state index >= 15 is 0 Å². The fourth-order valence-electron chi connectivity index (χ4n) is 4.70. The Morgan fingerprint density at radius 3 is 2.32 bits per heavy atom. The lowest BCUT2D eigenvalue weighted by atomic mass is 9.67. The largest absolute Gasteiger partial charge is 0.345 e. The fraction of sp³-hybridized carbons (Fsp3) is 0.391. The van der Waals surface area contributed by atoms with Crippen LogP contribution in [-0.2, 0) is 4.79 Å². The van der Waals surface area contributed by atoms with Crippen molar-refractivity contribution in [2.45, 2.75) is 25.2 Å². The second-order valence-corrected chi connectivity index (χ2v) is 8.16. The van der Waals surface area contributed by atoms with Crippen molar-refractivity contribution >= 4 is 11.8 Å². The molecule has 5 heteroatoms. The normalized spacial score (nSPS) is 21.8. The van der Waals surface area contributed by atoms with Gasteiger partial charge in [-0.25, -0.2) is 4.39 Å². The smallest absolute Gasteiger partial charge is 0.253 e. The third-order valence-corrected chi connectivity index (χ3v) is 6.29. The molecule has 0 aliphatic carbocycles. The molecule has 0 N–H and O–H groups in total. The Balaban J connectivity index is 1.47. The number of likely N-dealkylation sites (N-methyl/N-ethyl adjacent to an activating group) is 1. The molecule has 0 saturated carbocycles. The third kappa shape index (κ3) is 3.53. The zero-order chi connectivity index (χ0) is 19.7. The van der Waals surface area contributed by atoms with Crippen molar-refractivity contribution in [2.75, 3.05) is 26.7 Å². The summed E-state index contributed by atoms with van der Waals surface area (Å²) in [5, 5.41) is 0. The molecule has 28 heavy (non-hydrogen) atoms. The van der Waals surface area contributed by atoms with Gasteiger partial charge in [0.15, 0.2) is 0 Å². The number of carbonyl (C=O) groups is 2. The number of likely N-dealkylation sites (tertiary alicyclic amines) is 2. The van der Waals surface area contributed by atoms with Crippen molar-refractivity contribution in [2.24, 2.45) is 5.41 Å². The van der Waals surface area contributed by atoms with Gasteiger partial charge >= 0.3 is 0 Å². The Kier molecular flexibility index (Phi) is 4.92. The first-order valence-electron chi connectivity index (χ1n) is 9.82. The number of nitrogens with zero attached hydrogens (tertiary/aromatic N) is 2. The van der Waals surface area contributed by atoms with E-state index in [1.54, 1.807) is 12.1 Å². The first kappa shape index (κ1) is 18.7. The van der Waals surface area contributed by atoms with Crippen LogP contribution in [0.1, 0.15) is 41.1 Å². The Bertz CT molecular complexity index is 858. The molecule has 1 atom stereocenters. The van der Waals surface area contributed by atoms with Crippen molar-refractivity contribution in [3.63, 3.8) is 0 Å². The first-order valence-corrected chi connectivity index (χ1v) is 9.82. The highest BCUT2D eigenvalue weighted by Crippen LogP contribution is 2.45. The van der Waals surface area contributed by atoms with E-state index in [0.717, 1.165) is 31.4 Å². The standard InChI is InChI=1S/C23H25FN2O2/c1-25-16-23(15-20(22(25)28)17-5-3-2-4-6-17)11-13-26(14-12-23)21(27)18-7-9-19(24)10-8-18/h2-10,20H,11-16H2,1H3/t20-/m1/s1. The van der Waals surface area contributed by atoms with Gasteiger partial charge in [-0.15, -0.1) is 0 Å². The maximum atomic E-state index is 13.1. The number of benzene rings is 2. The van der Waals surface area contributed by atoms with Crippen LogP contribution in [0.3, 0.4) is 0 Å². The topological polar surface area (TPSA) is 40.6 Å². The van der Waals surface area contributed by atoms with Crippen molar-refractivity contribution in [3.05, 3.63) is 71.5 Å². The Morgan fingerprint density at radius 2 is 1.68 bits per heavy atom. The van der Waals surface area contributed by atoms with Crippen molar-refractivity contribution in [3.8, 4) is 0 Å². The average molecular weight is 380 g/mol. The molecule has 2 heterocycles. The number of hydrogen-bond acceptors (Lipinski definition) is 2. The van der Waals surface area contributed by atoms with Gasteiger partial charge in [-0.1, -0.05) is 30.3 Å². The maximum absolute atomic E-state index is 13.1. The molecule has 0 bridgehead atoms. The van der Waals surface area contributed by atoms with E-state index in [9.17, 15) is 14.0 Å². The average Bonchev–Trinajstić information content (AvgIpc) is 2.72. The molecule has 0 aromatic heterocycles. The van der Waals surface area contributed by atoms with Gasteiger partial charge in [0.05, 0.1) is 5.92 Å². The lowest BCUT2D eigenvalue weighted by molar-refractivity contribution is -0.139. The number of carbonyl (C=O) groups excluding carboxylic acids is 2. The van der Waals surface area contributed by atoms with Crippen molar-refractivity contribution in [1.29, 1.82) is 0 Å². The monoisotopic (exact) mass is 380 g/mol. The van der Waals surface area contributed by atoms with Gasteiger partial charge in [0.2, 0.25) is 5.91 Å². The molecule has 2 saturated heterocycles. The van der Waals surface area contributed by atoms with Gasteiger partial charge in [0.1, 0.15) is 5.82 Å². The van der Waals surface area contributed by atoms with Gasteiger partial charge in [-0.3, -0.25) is 9.59 Å². The van der Waals surface area contributed by atoms with E-state index in [0.29, 0.717) is 18.7 Å². The quantitative estimate of drug-likeness (QED) is 0.797. The van der Waals surface area contributed by atoms with Crippen LogP contribution >= 0.6 is 0 Å². The predicted molar refractivity (Wildman–Crippen MR) is 105 cm³/mol. The van der Waals surface area contributed by atoms with Crippen LogP contribution in [0.4, 0.5) is 4.39 Å². The Labute approximate surface area is 164 Å². The summed E-state index contributed by atoms with van der Waals surface area (Å²) < 4.78 is 13.1. The summed E-state index contributed by atoms with van der Waals surface area (Å²) in [5.41, 5.74) is 1.64. The van der Waals surface area contributed by atoms with E-state index in [-0.39, 0.29) is 29.0 Å². The summed E-state index contributed by atoms with van der Waals surface area (Å²) in [5.74, 6) is -0.313. The molecule has 2 aromatic rings. The molecule has 2 aromatic carbocycles. The molecule has 146 valence electrons. The second kappa shape index (κ2) is 7.38. The van der Waals surface area contributed by atoms with Gasteiger partial charge in [0, 0.05) is 32.2 Å². The number of hydrogen-bond donors (Lipinski definition) is 0. The highest BCUT2D eigenvalue weighted by Gasteiger charge is 2.45. The van der Waals surface area contributed by atoms with Crippen molar-refractivity contribution < 1.29 is 14.0 Å². The minimum absolute atomic E-state index is 0.0444. The van der Waals surface area contributed by atoms with Crippen LogP contribution in [0.15, 0.2) is 54.6 Å². The van der Waals surface area contributed by atoms with E-state index in [1.165, 1.54) is 12.1 Å². The van der Waals surface area contributed by atoms with Crippen LogP contribution in [-0.4, -0.2) is 48.3 Å². The molecule has 2 aliphatic heterocycles. The van der Waals surface area contributed by atoms with Gasteiger partial charge in [-0.05, 0) is 54.5 Å². The highest BCUT2D eigenvalue weighted by atomic mass is 19.1. The molecule has 2 fully saturated rings. The van der Waals surface area contributed by atoms with Crippen LogP contribution < -0.4 is 0 Å². The summed E-state index contributed by atoms with van der Waals surface area (Å²) in [4.78, 5) is 29.2. The predicted octanol–water partition coefficient (Wildman–Crippen LogP) is 3.69. The van der Waals surface area contributed by atoms with Crippen molar-refractivity contribution in [1.82, 2.24) is 9.80 Å². The molecule has 2 amide bonds. The SMILES string of the molecule is CN1CC2(CCN(C(=O)c3ccc(F)cc3)CC2)C[C@H](c2ccccc2)C1=O. The highest BCUT2D eigenvalue weighted by molar-refractivity contribution is 5.94. The van der Waals surface area contributed by atoms with E-state index in [4.69, 9.17) is 0 Å². The molecule has 2 aliphatic rings. The molecular weight excluding hydrogens is 355 g/mol. The third-order valence-electron chi connectivity index (χ3n) is 6.29. The summed E-state index contributed by atoms with van der Waals surface area (Å²) in [6.07, 6.45) is 2.58. The van der Waals surface area contributed by atoms with E-state index in [2.05, 4.69) is 0 Å². The lowest BCUT2D eigenvalue weighted by Crippen LogP contribution is -2.53. The molecule has 0 unspecified atom stereocenters. The summed E-state index contributed by atoms with van der Waals surface area (Å²) in [7, 11) is 1.88. The van der Waals surface area contributed by atoms with Gasteiger partial charge < -0.3 is 9.80 Å². The summed E-state index contributed by atoms with van der Waals surface area (Å²) >= 11 is 0. The Hall–Kier alpha value is -2.69. The van der Waals surface area contributed by atoms with E-state index < -0.39 is 0 Å². The Morgan fingerprint density at radius 1 is 1.04 bits per heavy atom. The zero-order valence-electron chi connectivity index (χ0n) is 16.1. The van der Waals surface area contributed by atoms with Crippen LogP contribution in [0.25, 0.3) is 0 Å². The molecule has 4 nitrogen and oxygen atoms in total. The molecule has 1 spiro atoms. The maximum Gasteiger partial charge on any atom is 0.253 e. The minimum atomic E-state index is -0.337. The summed E-state index contributed by atoms with van der Waals surface area (Å²) in [6.45, 7) is 2.08. The molecule has 0 radical (unpaired) electrons. The first-order chi connectivity index (χ1) is 13.5.